The maximum atomic E-state index is 12.5. The van der Waals surface area contributed by atoms with Crippen LogP contribution in [0.5, 0.6) is 5.75 Å². The Morgan fingerprint density at radius 3 is 2.50 bits per heavy atom. The zero-order valence-electron chi connectivity index (χ0n) is 16.3. The monoisotopic (exact) mass is 399 g/mol. The van der Waals surface area contributed by atoms with Crippen molar-refractivity contribution >= 4 is 34.4 Å². The van der Waals surface area contributed by atoms with Gasteiger partial charge in [0.15, 0.2) is 0 Å². The van der Waals surface area contributed by atoms with E-state index in [4.69, 9.17) is 21.1 Å². The summed E-state index contributed by atoms with van der Waals surface area (Å²) < 4.78 is 12.8. The predicted octanol–water partition coefficient (Wildman–Crippen LogP) is 5.58. The number of rotatable bonds is 5. The average Bonchev–Trinajstić information content (AvgIpc) is 2.93. The fraction of sp³-hybridized carbons (Fsp3) is 0.273. The van der Waals surface area contributed by atoms with Crippen LogP contribution in [0.25, 0.3) is 10.9 Å². The van der Waals surface area contributed by atoms with Gasteiger partial charge in [-0.15, -0.1) is 0 Å². The third kappa shape index (κ3) is 3.76. The second-order valence-corrected chi connectivity index (χ2v) is 7.16. The number of carbonyl (C=O) groups excluding carboxylic acids is 2. The second-order valence-electron chi connectivity index (χ2n) is 6.72. The molecule has 5 nitrogen and oxygen atoms in total. The zero-order valence-corrected chi connectivity index (χ0v) is 17.0. The van der Waals surface area contributed by atoms with Gasteiger partial charge in [0.2, 0.25) is 0 Å². The first-order chi connectivity index (χ1) is 13.3. The van der Waals surface area contributed by atoms with Crippen molar-refractivity contribution in [1.82, 2.24) is 4.57 Å². The number of halogens is 1. The molecule has 0 fully saturated rings. The Hall–Kier alpha value is -2.79. The lowest BCUT2D eigenvalue weighted by atomic mass is 10.1. The number of fused-ring (bicyclic) bond motifs is 1. The molecule has 0 aliphatic heterocycles. The summed E-state index contributed by atoms with van der Waals surface area (Å²) in [6, 6.07) is 12.0. The highest BCUT2D eigenvalue weighted by molar-refractivity contribution is 6.30. The Labute approximate surface area is 168 Å². The number of ether oxygens (including phenoxy) is 2. The number of benzene rings is 2. The Kier molecular flexibility index (Phi) is 5.75. The highest BCUT2D eigenvalue weighted by Crippen LogP contribution is 2.32. The topological polar surface area (TPSA) is 57.5 Å². The van der Waals surface area contributed by atoms with Crippen LogP contribution in [0, 0.1) is 6.92 Å². The minimum atomic E-state index is -0.514. The second kappa shape index (κ2) is 8.07. The van der Waals surface area contributed by atoms with E-state index in [0.717, 1.165) is 11.2 Å². The van der Waals surface area contributed by atoms with E-state index in [9.17, 15) is 9.59 Å². The molecule has 3 rings (SSSR count). The van der Waals surface area contributed by atoms with Crippen LogP contribution in [0.3, 0.4) is 0 Å². The van der Waals surface area contributed by atoms with Gasteiger partial charge < -0.3 is 14.0 Å². The van der Waals surface area contributed by atoms with E-state index < -0.39 is 5.97 Å². The highest BCUT2D eigenvalue weighted by Gasteiger charge is 2.23. The third-order valence-corrected chi connectivity index (χ3v) is 4.72. The van der Waals surface area contributed by atoms with Gasteiger partial charge in [0, 0.05) is 27.7 Å². The molecule has 0 N–H and O–H groups in total. The third-order valence-electron chi connectivity index (χ3n) is 4.49. The minimum Gasteiger partial charge on any atom is -0.462 e. The molecule has 0 unspecified atom stereocenters. The van der Waals surface area contributed by atoms with Crippen molar-refractivity contribution in [2.24, 2.45) is 0 Å². The molecule has 0 bridgehead atoms. The smallest absolute Gasteiger partial charge is 0.343 e. The summed E-state index contributed by atoms with van der Waals surface area (Å²) in [6.45, 7) is 8.05. The van der Waals surface area contributed by atoms with Gasteiger partial charge in [0.25, 0.3) is 0 Å². The van der Waals surface area contributed by atoms with Crippen molar-refractivity contribution in [2.45, 2.75) is 33.7 Å². The normalized spacial score (nSPS) is 11.1. The van der Waals surface area contributed by atoms with Gasteiger partial charge in [-0.1, -0.05) is 17.7 Å². The summed E-state index contributed by atoms with van der Waals surface area (Å²) in [5, 5.41) is 1.15. The van der Waals surface area contributed by atoms with E-state index in [-0.39, 0.29) is 18.6 Å². The van der Waals surface area contributed by atoms with Crippen LogP contribution in [0.4, 0.5) is 0 Å². The average molecular weight is 400 g/mol. The lowest BCUT2D eigenvalue weighted by Crippen LogP contribution is -2.09. The minimum absolute atomic E-state index is 0.158. The van der Waals surface area contributed by atoms with Crippen molar-refractivity contribution in [2.75, 3.05) is 6.61 Å². The molecule has 3 aromatic rings. The van der Waals surface area contributed by atoms with Crippen LogP contribution < -0.4 is 4.74 Å². The lowest BCUT2D eigenvalue weighted by Gasteiger charge is -2.12. The molecule has 0 amide bonds. The fourth-order valence-electron chi connectivity index (χ4n) is 3.39. The van der Waals surface area contributed by atoms with Gasteiger partial charge in [0.1, 0.15) is 5.75 Å². The largest absolute Gasteiger partial charge is 0.462 e. The van der Waals surface area contributed by atoms with E-state index >= 15 is 0 Å². The molecule has 2 aromatic carbocycles. The molecule has 6 heteroatoms. The van der Waals surface area contributed by atoms with Crippen LogP contribution in [0.15, 0.2) is 42.5 Å². The van der Waals surface area contributed by atoms with Crippen LogP contribution in [-0.2, 0) is 4.74 Å². The molecule has 28 heavy (non-hydrogen) atoms. The lowest BCUT2D eigenvalue weighted by molar-refractivity contribution is 0.0527. The van der Waals surface area contributed by atoms with Crippen molar-refractivity contribution in [3.63, 3.8) is 0 Å². The first-order valence-electron chi connectivity index (χ1n) is 9.12. The zero-order chi connectivity index (χ0) is 20.4. The van der Waals surface area contributed by atoms with Gasteiger partial charge >= 0.3 is 11.9 Å². The van der Waals surface area contributed by atoms with Crippen LogP contribution in [0.1, 0.15) is 53.2 Å². The van der Waals surface area contributed by atoms with Gasteiger partial charge in [-0.2, -0.15) is 0 Å². The van der Waals surface area contributed by atoms with E-state index in [0.29, 0.717) is 27.3 Å². The first kappa shape index (κ1) is 20.0. The summed E-state index contributed by atoms with van der Waals surface area (Å²) >= 11 is 5.94. The number of aromatic nitrogens is 1. The quantitative estimate of drug-likeness (QED) is 0.415. The summed E-state index contributed by atoms with van der Waals surface area (Å²) in [4.78, 5) is 25.0. The molecular formula is C22H22ClNO4. The van der Waals surface area contributed by atoms with Crippen LogP contribution in [-0.4, -0.2) is 23.1 Å². The Balaban J connectivity index is 2.05. The van der Waals surface area contributed by atoms with Gasteiger partial charge in [-0.05, 0) is 64.1 Å². The van der Waals surface area contributed by atoms with Gasteiger partial charge in [-0.25, -0.2) is 9.59 Å². The summed E-state index contributed by atoms with van der Waals surface area (Å²) in [5.74, 6) is -0.550. The molecule has 1 heterocycles. The van der Waals surface area contributed by atoms with E-state index in [1.54, 1.807) is 43.3 Å². The molecule has 0 saturated heterocycles. The molecule has 0 saturated carbocycles. The SMILES string of the molecule is CCOC(=O)c1c(C)n(C(C)C)c2ccc(OC(=O)c3cccc(Cl)c3)cc12. The first-order valence-corrected chi connectivity index (χ1v) is 9.50. The molecule has 0 atom stereocenters. The van der Waals surface area contributed by atoms with Crippen molar-refractivity contribution in [3.05, 3.63) is 64.3 Å². The maximum absolute atomic E-state index is 12.5. The Bertz CT molecular complexity index is 1050. The number of nitrogens with zero attached hydrogens (tertiary/aromatic N) is 1. The van der Waals surface area contributed by atoms with Crippen molar-refractivity contribution in [3.8, 4) is 5.75 Å². The Morgan fingerprint density at radius 1 is 1.11 bits per heavy atom. The molecule has 146 valence electrons. The number of carbonyl (C=O) groups is 2. The molecule has 0 aliphatic carbocycles. The molecule has 0 spiro atoms. The van der Waals surface area contributed by atoms with Crippen molar-refractivity contribution in [1.29, 1.82) is 0 Å². The standard InChI is InChI=1S/C22H22ClNO4/c1-5-27-22(26)20-14(4)24(13(2)3)19-10-9-17(12-18(19)20)28-21(25)15-7-6-8-16(23)11-15/h6-13H,5H2,1-4H3. The fourth-order valence-corrected chi connectivity index (χ4v) is 3.58. The number of hydrogen-bond donors (Lipinski definition) is 0. The number of hydrogen-bond acceptors (Lipinski definition) is 4. The van der Waals surface area contributed by atoms with Crippen molar-refractivity contribution < 1.29 is 19.1 Å². The van der Waals surface area contributed by atoms with Crippen LogP contribution in [0.2, 0.25) is 5.02 Å². The van der Waals surface area contributed by atoms with E-state index in [2.05, 4.69) is 18.4 Å². The van der Waals surface area contributed by atoms with Crippen LogP contribution >= 0.6 is 11.6 Å². The summed E-state index contributed by atoms with van der Waals surface area (Å²) in [7, 11) is 0. The molecule has 1 aromatic heterocycles. The summed E-state index contributed by atoms with van der Waals surface area (Å²) in [6.07, 6.45) is 0. The van der Waals surface area contributed by atoms with E-state index in [1.165, 1.54) is 0 Å². The van der Waals surface area contributed by atoms with Gasteiger partial charge in [0.05, 0.1) is 17.7 Å². The molecule has 0 radical (unpaired) electrons. The van der Waals surface area contributed by atoms with Gasteiger partial charge in [-0.3, -0.25) is 0 Å². The predicted molar refractivity (Wildman–Crippen MR) is 109 cm³/mol. The molecular weight excluding hydrogens is 378 g/mol. The maximum Gasteiger partial charge on any atom is 0.343 e. The highest BCUT2D eigenvalue weighted by atomic mass is 35.5. The van der Waals surface area contributed by atoms with E-state index in [1.807, 2.05) is 13.0 Å². The molecule has 0 aliphatic rings. The number of esters is 2. The summed E-state index contributed by atoms with van der Waals surface area (Å²) in [5.41, 5.74) is 2.56. The Morgan fingerprint density at radius 2 is 1.86 bits per heavy atom.